The number of hydrogen-bond donors (Lipinski definition) is 3. The summed E-state index contributed by atoms with van der Waals surface area (Å²) < 4.78 is 6.01. The van der Waals surface area contributed by atoms with E-state index in [1.165, 1.54) is 36.3 Å². The van der Waals surface area contributed by atoms with Crippen LogP contribution in [0.5, 0.6) is 0 Å². The average Bonchev–Trinajstić information content (AvgIpc) is 3.48. The molecule has 0 aliphatic heterocycles. The van der Waals surface area contributed by atoms with Crippen molar-refractivity contribution in [2.75, 3.05) is 17.7 Å². The molecule has 0 radical (unpaired) electrons. The first-order valence-electron chi connectivity index (χ1n) is 11.8. The Morgan fingerprint density at radius 1 is 1.02 bits per heavy atom. The second kappa shape index (κ2) is 13.4. The molecule has 0 saturated carbocycles. The maximum Gasteiger partial charge on any atom is 0.411 e. The van der Waals surface area contributed by atoms with E-state index in [9.17, 15) is 14.4 Å². The van der Waals surface area contributed by atoms with Crippen LogP contribution >= 0.6 is 23.2 Å². The number of rotatable bonds is 9. The minimum atomic E-state index is -0.943. The third-order valence-electron chi connectivity index (χ3n) is 5.57. The number of methoxy groups -OCH3 is 1. The van der Waals surface area contributed by atoms with Gasteiger partial charge in [0.2, 0.25) is 11.8 Å². The minimum absolute atomic E-state index is 0.183. The predicted molar refractivity (Wildman–Crippen MR) is 151 cm³/mol. The Labute approximate surface area is 239 Å². The Bertz CT molecular complexity index is 1530. The van der Waals surface area contributed by atoms with Gasteiger partial charge in [0, 0.05) is 28.8 Å². The van der Waals surface area contributed by atoms with E-state index in [4.69, 9.17) is 23.2 Å². The van der Waals surface area contributed by atoms with Crippen molar-refractivity contribution in [3.63, 3.8) is 0 Å². The van der Waals surface area contributed by atoms with Crippen LogP contribution in [0.4, 0.5) is 16.2 Å². The van der Waals surface area contributed by atoms with Crippen LogP contribution in [0.3, 0.4) is 0 Å². The quantitative estimate of drug-likeness (QED) is 0.247. The molecule has 3 N–H and O–H groups in total. The van der Waals surface area contributed by atoms with Crippen molar-refractivity contribution in [1.29, 1.82) is 0 Å². The third kappa shape index (κ3) is 7.65. The zero-order valence-electron chi connectivity index (χ0n) is 21.0. The molecule has 4 rings (SSSR count). The molecule has 0 bridgehead atoms. The second-order valence-corrected chi connectivity index (χ2v) is 9.19. The number of halogens is 2. The highest BCUT2D eigenvalue weighted by Crippen LogP contribution is 2.26. The average molecular weight is 580 g/mol. The summed E-state index contributed by atoms with van der Waals surface area (Å²) in [5.41, 5.74) is 2.72. The van der Waals surface area contributed by atoms with Gasteiger partial charge in [0.1, 0.15) is 12.4 Å². The van der Waals surface area contributed by atoms with Gasteiger partial charge in [-0.3, -0.25) is 14.9 Å². The van der Waals surface area contributed by atoms with Crippen LogP contribution in [-0.2, 0) is 20.7 Å². The molecule has 0 unspecified atom stereocenters. The molecular formula is C27H23Cl2N7O4. The summed E-state index contributed by atoms with van der Waals surface area (Å²) >= 11 is 12.5. The smallest absolute Gasteiger partial charge is 0.411 e. The molecule has 1 atom stereocenters. The van der Waals surface area contributed by atoms with Crippen molar-refractivity contribution in [2.45, 2.75) is 12.5 Å². The summed E-state index contributed by atoms with van der Waals surface area (Å²) in [6.07, 6.45) is 3.84. The summed E-state index contributed by atoms with van der Waals surface area (Å²) in [6, 6.07) is 17.9. The van der Waals surface area contributed by atoms with Crippen LogP contribution in [0.25, 0.3) is 11.8 Å². The van der Waals surface area contributed by atoms with Gasteiger partial charge >= 0.3 is 6.09 Å². The summed E-state index contributed by atoms with van der Waals surface area (Å²) in [6.45, 7) is 0. The van der Waals surface area contributed by atoms with E-state index in [2.05, 4.69) is 36.2 Å². The first-order valence-corrected chi connectivity index (χ1v) is 12.6. The number of anilines is 2. The van der Waals surface area contributed by atoms with Crippen LogP contribution in [0.15, 0.2) is 79.1 Å². The van der Waals surface area contributed by atoms with Gasteiger partial charge in [-0.15, -0.1) is 5.10 Å². The Kier molecular flexibility index (Phi) is 9.44. The lowest BCUT2D eigenvalue weighted by molar-refractivity contribution is -0.123. The van der Waals surface area contributed by atoms with Crippen LogP contribution in [0.2, 0.25) is 10.0 Å². The number of carbonyl (C=O) groups excluding carboxylic acids is 3. The molecule has 204 valence electrons. The number of nitrogens with one attached hydrogen (secondary N) is 3. The van der Waals surface area contributed by atoms with E-state index in [0.29, 0.717) is 27.6 Å². The van der Waals surface area contributed by atoms with Gasteiger partial charge in [0.05, 0.1) is 23.5 Å². The predicted octanol–water partition coefficient (Wildman–Crippen LogP) is 4.53. The number of nitrogens with zero attached hydrogens (tertiary/aromatic N) is 4. The number of benzene rings is 3. The fourth-order valence-corrected chi connectivity index (χ4v) is 4.07. The summed E-state index contributed by atoms with van der Waals surface area (Å²) in [7, 11) is 1.24. The monoisotopic (exact) mass is 579 g/mol. The van der Waals surface area contributed by atoms with Gasteiger partial charge in [-0.05, 0) is 58.5 Å². The Morgan fingerprint density at radius 3 is 2.52 bits per heavy atom. The molecule has 1 heterocycles. The molecule has 40 heavy (non-hydrogen) atoms. The number of carbonyl (C=O) groups is 3. The van der Waals surface area contributed by atoms with Crippen LogP contribution in [-0.4, -0.2) is 51.3 Å². The van der Waals surface area contributed by atoms with Crippen molar-refractivity contribution < 1.29 is 19.1 Å². The van der Waals surface area contributed by atoms with E-state index in [0.717, 1.165) is 5.56 Å². The summed E-state index contributed by atoms with van der Waals surface area (Å²) in [5.74, 6) is -0.999. The fraction of sp³-hybridized carbons (Fsp3) is 0.111. The van der Waals surface area contributed by atoms with Crippen molar-refractivity contribution in [3.8, 4) is 5.69 Å². The molecule has 3 aromatic carbocycles. The SMILES string of the molecule is COC(=O)Nc1ccc(NC(=O)[C@H](Cc2ccccc2)NC(=O)C=Cc2cc(Cl)ccc2-n2cnnn2)c(Cl)c1. The number of aromatic nitrogens is 4. The van der Waals surface area contributed by atoms with Gasteiger partial charge < -0.3 is 15.4 Å². The lowest BCUT2D eigenvalue weighted by Crippen LogP contribution is -2.44. The second-order valence-electron chi connectivity index (χ2n) is 8.34. The molecule has 4 aromatic rings. The summed E-state index contributed by atoms with van der Waals surface area (Å²) in [4.78, 5) is 37.7. The Hall–Kier alpha value is -4.74. The number of hydrogen-bond acceptors (Lipinski definition) is 7. The van der Waals surface area contributed by atoms with E-state index < -0.39 is 23.9 Å². The lowest BCUT2D eigenvalue weighted by atomic mass is 10.0. The van der Waals surface area contributed by atoms with E-state index in [1.807, 2.05) is 30.3 Å². The van der Waals surface area contributed by atoms with E-state index in [-0.39, 0.29) is 11.4 Å². The zero-order valence-corrected chi connectivity index (χ0v) is 22.6. The zero-order chi connectivity index (χ0) is 28.5. The van der Waals surface area contributed by atoms with E-state index >= 15 is 0 Å². The summed E-state index contributed by atoms with van der Waals surface area (Å²) in [5, 5.41) is 19.8. The van der Waals surface area contributed by atoms with Crippen LogP contribution in [0.1, 0.15) is 11.1 Å². The Balaban J connectivity index is 1.52. The molecule has 11 nitrogen and oxygen atoms in total. The molecule has 3 amide bonds. The molecule has 1 aromatic heterocycles. The molecule has 0 aliphatic rings. The van der Waals surface area contributed by atoms with Crippen molar-refractivity contribution in [3.05, 3.63) is 100 Å². The number of amides is 3. The number of ether oxygens (including phenoxy) is 1. The number of tetrazole rings is 1. The standard InChI is InChI=1S/C27H23Cl2N7O4/c1-40-27(39)31-20-9-10-22(21(29)15-20)33-26(38)23(13-17-5-3-2-4-6-17)32-25(37)12-7-18-14-19(28)8-11-24(18)36-16-30-34-35-36/h2-12,14-16,23H,13H2,1H3,(H,31,39)(H,32,37)(H,33,38)/t23-/m0/s1. The molecule has 13 heteroatoms. The minimum Gasteiger partial charge on any atom is -0.453 e. The van der Waals surface area contributed by atoms with Gasteiger partial charge in [-0.25, -0.2) is 4.79 Å². The van der Waals surface area contributed by atoms with Crippen molar-refractivity contribution in [1.82, 2.24) is 25.5 Å². The van der Waals surface area contributed by atoms with Crippen LogP contribution < -0.4 is 16.0 Å². The van der Waals surface area contributed by atoms with Gasteiger partial charge in [0.15, 0.2) is 0 Å². The molecule has 0 saturated heterocycles. The molecule has 0 fully saturated rings. The molecular weight excluding hydrogens is 557 g/mol. The van der Waals surface area contributed by atoms with Gasteiger partial charge in [-0.2, -0.15) is 4.68 Å². The highest BCUT2D eigenvalue weighted by molar-refractivity contribution is 6.34. The van der Waals surface area contributed by atoms with E-state index in [1.54, 1.807) is 30.3 Å². The van der Waals surface area contributed by atoms with Gasteiger partial charge in [-0.1, -0.05) is 53.5 Å². The molecule has 0 spiro atoms. The normalized spacial score (nSPS) is 11.6. The maximum absolute atomic E-state index is 13.3. The van der Waals surface area contributed by atoms with Crippen molar-refractivity contribution in [2.24, 2.45) is 0 Å². The Morgan fingerprint density at radius 2 is 1.82 bits per heavy atom. The third-order valence-corrected chi connectivity index (χ3v) is 6.12. The highest BCUT2D eigenvalue weighted by atomic mass is 35.5. The first kappa shape index (κ1) is 28.3. The molecule has 0 aliphatic carbocycles. The van der Waals surface area contributed by atoms with Gasteiger partial charge in [0.25, 0.3) is 0 Å². The topological polar surface area (TPSA) is 140 Å². The largest absolute Gasteiger partial charge is 0.453 e. The maximum atomic E-state index is 13.3. The fourth-order valence-electron chi connectivity index (χ4n) is 3.67. The highest BCUT2D eigenvalue weighted by Gasteiger charge is 2.22. The van der Waals surface area contributed by atoms with Crippen molar-refractivity contribution >= 4 is 58.6 Å². The first-order chi connectivity index (χ1) is 19.3. The van der Waals surface area contributed by atoms with Crippen LogP contribution in [0, 0.1) is 0 Å². The lowest BCUT2D eigenvalue weighted by Gasteiger charge is -2.19.